The molecule has 0 radical (unpaired) electrons. The van der Waals surface area contributed by atoms with Gasteiger partial charge in [0.05, 0.1) is 10.0 Å². The van der Waals surface area contributed by atoms with Crippen LogP contribution >= 0.6 is 23.2 Å². The zero-order valence-electron chi connectivity index (χ0n) is 10.8. The van der Waals surface area contributed by atoms with Gasteiger partial charge < -0.3 is 5.32 Å². The molecule has 1 fully saturated rings. The zero-order valence-corrected chi connectivity index (χ0v) is 12.3. The number of piperidine rings is 1. The Morgan fingerprint density at radius 2 is 2.20 bits per heavy atom. The minimum atomic E-state index is 0.0278. The third-order valence-electron chi connectivity index (χ3n) is 3.68. The Morgan fingerprint density at radius 1 is 1.30 bits per heavy atom. The van der Waals surface area contributed by atoms with Gasteiger partial charge in [-0.3, -0.25) is 0 Å². The molecule has 5 nitrogen and oxygen atoms in total. The highest BCUT2D eigenvalue weighted by atomic mass is 35.5. The summed E-state index contributed by atoms with van der Waals surface area (Å²) in [5.41, 5.74) is 1.06. The molecule has 2 aromatic rings. The van der Waals surface area contributed by atoms with Crippen LogP contribution in [-0.4, -0.2) is 33.3 Å². The molecule has 106 valence electrons. The Morgan fingerprint density at radius 3 is 2.85 bits per heavy atom. The molecule has 1 aromatic carbocycles. The van der Waals surface area contributed by atoms with Crippen molar-refractivity contribution in [1.82, 2.24) is 25.5 Å². The standard InChI is InChI=1S/C13H15Cl2N5/c14-11-4-3-9(6-12(11)15)13(20-18-8-17-19-20)10-2-1-5-16-7-10/h3-4,6,8,10,13,16H,1-2,5,7H2/t10-,13?/m1/s1. The summed E-state index contributed by atoms with van der Waals surface area (Å²) in [5.74, 6) is 0.412. The van der Waals surface area contributed by atoms with E-state index in [1.165, 1.54) is 6.33 Å². The Hall–Kier alpha value is -1.17. The molecule has 3 rings (SSSR count). The van der Waals surface area contributed by atoms with Gasteiger partial charge in [-0.25, -0.2) is 0 Å². The van der Waals surface area contributed by atoms with E-state index in [4.69, 9.17) is 23.2 Å². The largest absolute Gasteiger partial charge is 0.316 e. The first-order chi connectivity index (χ1) is 9.75. The Labute approximate surface area is 127 Å². The van der Waals surface area contributed by atoms with Crippen molar-refractivity contribution in [3.63, 3.8) is 0 Å². The van der Waals surface area contributed by atoms with E-state index in [1.54, 1.807) is 4.80 Å². The molecule has 2 atom stereocenters. The van der Waals surface area contributed by atoms with Crippen molar-refractivity contribution >= 4 is 23.2 Å². The lowest BCUT2D eigenvalue weighted by molar-refractivity contribution is 0.261. The van der Waals surface area contributed by atoms with E-state index in [1.807, 2.05) is 18.2 Å². The van der Waals surface area contributed by atoms with Gasteiger partial charge in [0.1, 0.15) is 6.04 Å². The predicted octanol–water partition coefficient (Wildman–Crippen LogP) is 2.57. The number of benzene rings is 1. The highest BCUT2D eigenvalue weighted by Crippen LogP contribution is 2.33. The van der Waals surface area contributed by atoms with Crippen molar-refractivity contribution in [3.05, 3.63) is 40.1 Å². The van der Waals surface area contributed by atoms with Gasteiger partial charge in [-0.05, 0) is 48.2 Å². The lowest BCUT2D eigenvalue weighted by Crippen LogP contribution is -2.36. The second-order valence-electron chi connectivity index (χ2n) is 4.98. The van der Waals surface area contributed by atoms with Crippen molar-refractivity contribution in [2.45, 2.75) is 18.9 Å². The minimum Gasteiger partial charge on any atom is -0.316 e. The predicted molar refractivity (Wildman–Crippen MR) is 78.0 cm³/mol. The summed E-state index contributed by atoms with van der Waals surface area (Å²) in [5, 5.41) is 16.6. The van der Waals surface area contributed by atoms with E-state index >= 15 is 0 Å². The van der Waals surface area contributed by atoms with E-state index in [2.05, 4.69) is 20.7 Å². The zero-order chi connectivity index (χ0) is 13.9. The number of nitrogens with one attached hydrogen (secondary N) is 1. The molecule has 0 bridgehead atoms. The third kappa shape index (κ3) is 2.80. The minimum absolute atomic E-state index is 0.0278. The topological polar surface area (TPSA) is 55.6 Å². The van der Waals surface area contributed by atoms with Crippen LogP contribution in [0.5, 0.6) is 0 Å². The summed E-state index contributed by atoms with van der Waals surface area (Å²) in [7, 11) is 0. The fraction of sp³-hybridized carbons (Fsp3) is 0.462. The molecule has 1 aliphatic heterocycles. The van der Waals surface area contributed by atoms with Gasteiger partial charge in [0.25, 0.3) is 0 Å². The first kappa shape index (κ1) is 13.8. The molecule has 1 N–H and O–H groups in total. The average molecular weight is 312 g/mol. The maximum absolute atomic E-state index is 6.14. The monoisotopic (exact) mass is 311 g/mol. The smallest absolute Gasteiger partial charge is 0.162 e. The van der Waals surface area contributed by atoms with Crippen LogP contribution in [0.15, 0.2) is 24.5 Å². The van der Waals surface area contributed by atoms with Crippen LogP contribution in [-0.2, 0) is 0 Å². The first-order valence-corrected chi connectivity index (χ1v) is 7.39. The van der Waals surface area contributed by atoms with Crippen LogP contribution in [0.3, 0.4) is 0 Å². The molecule has 0 amide bonds. The van der Waals surface area contributed by atoms with Gasteiger partial charge in [-0.1, -0.05) is 29.3 Å². The number of hydrogen-bond acceptors (Lipinski definition) is 4. The second-order valence-corrected chi connectivity index (χ2v) is 5.80. The molecule has 7 heteroatoms. The quantitative estimate of drug-likeness (QED) is 0.946. The van der Waals surface area contributed by atoms with E-state index in [-0.39, 0.29) is 6.04 Å². The van der Waals surface area contributed by atoms with Crippen LogP contribution in [0.4, 0.5) is 0 Å². The van der Waals surface area contributed by atoms with Crippen molar-refractivity contribution < 1.29 is 0 Å². The van der Waals surface area contributed by atoms with Gasteiger partial charge in [-0.15, -0.1) is 10.2 Å². The summed E-state index contributed by atoms with van der Waals surface area (Å²) in [6.07, 6.45) is 3.73. The van der Waals surface area contributed by atoms with E-state index in [0.29, 0.717) is 16.0 Å². The average Bonchev–Trinajstić information content (AvgIpc) is 2.98. The number of aromatic nitrogens is 4. The van der Waals surface area contributed by atoms with Gasteiger partial charge in [-0.2, -0.15) is 4.80 Å². The molecular formula is C13H15Cl2N5. The summed E-state index contributed by atoms with van der Waals surface area (Å²) in [6.45, 7) is 2.00. The summed E-state index contributed by atoms with van der Waals surface area (Å²) < 4.78 is 0. The van der Waals surface area contributed by atoms with Crippen LogP contribution in [0, 0.1) is 5.92 Å². The van der Waals surface area contributed by atoms with Crippen LogP contribution < -0.4 is 5.32 Å². The fourth-order valence-corrected chi connectivity index (χ4v) is 3.05. The number of nitrogens with zero attached hydrogens (tertiary/aromatic N) is 4. The molecule has 1 unspecified atom stereocenters. The van der Waals surface area contributed by atoms with Gasteiger partial charge in [0.15, 0.2) is 6.33 Å². The number of halogens is 2. The molecule has 0 spiro atoms. The van der Waals surface area contributed by atoms with Crippen molar-refractivity contribution in [1.29, 1.82) is 0 Å². The molecule has 20 heavy (non-hydrogen) atoms. The number of rotatable bonds is 3. The normalized spacial score (nSPS) is 20.8. The van der Waals surface area contributed by atoms with Gasteiger partial charge in [0, 0.05) is 6.54 Å². The SMILES string of the molecule is Clc1ccc(C([C@@H]2CCCNC2)n2ncnn2)cc1Cl. The number of tetrazole rings is 1. The maximum Gasteiger partial charge on any atom is 0.162 e. The Kier molecular flexibility index (Phi) is 4.19. The van der Waals surface area contributed by atoms with Crippen LogP contribution in [0.1, 0.15) is 24.4 Å². The molecular weight excluding hydrogens is 297 g/mol. The first-order valence-electron chi connectivity index (χ1n) is 6.64. The molecule has 1 aromatic heterocycles. The summed E-state index contributed by atoms with van der Waals surface area (Å²) in [4.78, 5) is 1.66. The van der Waals surface area contributed by atoms with Crippen molar-refractivity contribution in [2.24, 2.45) is 5.92 Å². The molecule has 1 saturated heterocycles. The van der Waals surface area contributed by atoms with E-state index in [9.17, 15) is 0 Å². The second kappa shape index (κ2) is 6.08. The highest BCUT2D eigenvalue weighted by Gasteiger charge is 2.28. The molecule has 0 aliphatic carbocycles. The highest BCUT2D eigenvalue weighted by molar-refractivity contribution is 6.42. The van der Waals surface area contributed by atoms with Crippen molar-refractivity contribution in [3.8, 4) is 0 Å². The molecule has 0 saturated carbocycles. The lowest BCUT2D eigenvalue weighted by Gasteiger charge is -2.30. The Bertz CT molecular complexity index is 566. The Balaban J connectivity index is 1.98. The summed E-state index contributed by atoms with van der Waals surface area (Å²) in [6, 6.07) is 5.73. The third-order valence-corrected chi connectivity index (χ3v) is 4.42. The van der Waals surface area contributed by atoms with Gasteiger partial charge >= 0.3 is 0 Å². The van der Waals surface area contributed by atoms with Crippen LogP contribution in [0.25, 0.3) is 0 Å². The number of hydrogen-bond donors (Lipinski definition) is 1. The lowest BCUT2D eigenvalue weighted by atomic mass is 9.87. The maximum atomic E-state index is 6.14. The molecule has 2 heterocycles. The van der Waals surface area contributed by atoms with Gasteiger partial charge in [0.2, 0.25) is 0 Å². The van der Waals surface area contributed by atoms with E-state index in [0.717, 1.165) is 31.5 Å². The molecule has 1 aliphatic rings. The van der Waals surface area contributed by atoms with E-state index < -0.39 is 0 Å². The van der Waals surface area contributed by atoms with Crippen LogP contribution in [0.2, 0.25) is 10.0 Å². The summed E-state index contributed by atoms with van der Waals surface area (Å²) >= 11 is 12.1. The van der Waals surface area contributed by atoms with Crippen molar-refractivity contribution in [2.75, 3.05) is 13.1 Å². The fourth-order valence-electron chi connectivity index (χ4n) is 2.74.